The molecule has 28 heavy (non-hydrogen) atoms. The topological polar surface area (TPSA) is 128 Å². The Morgan fingerprint density at radius 1 is 1.14 bits per heavy atom. The van der Waals surface area contributed by atoms with Crippen molar-refractivity contribution in [3.8, 4) is 0 Å². The number of imide groups is 2. The normalized spacial score (nSPS) is 27.3. The molecule has 0 saturated carbocycles. The molecule has 3 aliphatic heterocycles. The van der Waals surface area contributed by atoms with E-state index in [4.69, 9.17) is 0 Å². The van der Waals surface area contributed by atoms with Crippen molar-refractivity contribution >= 4 is 23.6 Å². The van der Waals surface area contributed by atoms with Crippen molar-refractivity contribution in [3.05, 3.63) is 34.9 Å². The summed E-state index contributed by atoms with van der Waals surface area (Å²) in [5.41, 5.74) is 1.41. The van der Waals surface area contributed by atoms with E-state index in [1.807, 2.05) is 0 Å². The number of aliphatic hydroxyl groups is 1. The summed E-state index contributed by atoms with van der Waals surface area (Å²) in [6, 6.07) is 4.31. The van der Waals surface area contributed by atoms with Crippen molar-refractivity contribution in [3.63, 3.8) is 0 Å². The third-order valence-corrected chi connectivity index (χ3v) is 5.42. The maximum atomic E-state index is 12.8. The molecule has 9 heteroatoms. The summed E-state index contributed by atoms with van der Waals surface area (Å²) in [4.78, 5) is 49.8. The Hall–Kier alpha value is -2.62. The Morgan fingerprint density at radius 2 is 1.93 bits per heavy atom. The Morgan fingerprint density at radius 3 is 2.64 bits per heavy atom. The minimum atomic E-state index is -0.952. The van der Waals surface area contributed by atoms with Crippen molar-refractivity contribution in [2.45, 2.75) is 44.0 Å². The van der Waals surface area contributed by atoms with E-state index in [1.54, 1.807) is 18.2 Å². The molecular formula is C19H22N4O5. The van der Waals surface area contributed by atoms with Gasteiger partial charge in [-0.05, 0) is 30.5 Å². The lowest BCUT2D eigenvalue weighted by Crippen LogP contribution is -2.54. The third-order valence-electron chi connectivity index (χ3n) is 5.42. The Labute approximate surface area is 161 Å². The number of carbonyl (C=O) groups is 4. The molecule has 0 aromatic heterocycles. The van der Waals surface area contributed by atoms with Crippen LogP contribution in [0.3, 0.4) is 0 Å². The van der Waals surface area contributed by atoms with Crippen LogP contribution in [0.15, 0.2) is 18.2 Å². The molecule has 3 atom stereocenters. The zero-order chi connectivity index (χ0) is 19.8. The summed E-state index contributed by atoms with van der Waals surface area (Å²) in [6.45, 7) is 1.79. The van der Waals surface area contributed by atoms with E-state index in [2.05, 4.69) is 16.0 Å². The van der Waals surface area contributed by atoms with Crippen molar-refractivity contribution in [2.75, 3.05) is 13.1 Å². The molecule has 3 heterocycles. The molecule has 2 saturated heterocycles. The van der Waals surface area contributed by atoms with E-state index in [0.29, 0.717) is 26.1 Å². The second-order valence-corrected chi connectivity index (χ2v) is 7.45. The fraction of sp³-hybridized carbons (Fsp3) is 0.474. The first-order valence-electron chi connectivity index (χ1n) is 9.40. The van der Waals surface area contributed by atoms with Gasteiger partial charge in [0, 0.05) is 32.1 Å². The highest BCUT2D eigenvalue weighted by atomic mass is 16.3. The van der Waals surface area contributed by atoms with E-state index in [1.165, 1.54) is 0 Å². The number of piperidine rings is 1. The number of nitrogens with zero attached hydrogens (tertiary/aromatic N) is 1. The maximum Gasteiger partial charge on any atom is 0.262 e. The smallest absolute Gasteiger partial charge is 0.262 e. The fourth-order valence-electron chi connectivity index (χ4n) is 3.97. The molecule has 0 aliphatic carbocycles. The number of hydrogen-bond donors (Lipinski definition) is 4. The first-order chi connectivity index (χ1) is 13.4. The molecule has 0 spiro atoms. The molecule has 0 radical (unpaired) electrons. The molecule has 0 bridgehead atoms. The molecule has 4 N–H and O–H groups in total. The van der Waals surface area contributed by atoms with Gasteiger partial charge in [-0.2, -0.15) is 0 Å². The van der Waals surface area contributed by atoms with Gasteiger partial charge in [0.2, 0.25) is 11.8 Å². The van der Waals surface area contributed by atoms with Gasteiger partial charge in [-0.25, -0.2) is 0 Å². The number of rotatable bonds is 5. The number of β-amino-alcohol motifs (C(OH)–C–C–N with tert-alkyl or cyclic N) is 1. The zero-order valence-corrected chi connectivity index (χ0v) is 15.2. The van der Waals surface area contributed by atoms with Crippen LogP contribution in [0.1, 0.15) is 45.5 Å². The maximum absolute atomic E-state index is 12.8. The number of nitrogens with one attached hydrogen (secondary N) is 3. The molecular weight excluding hydrogens is 364 g/mol. The highest BCUT2D eigenvalue weighted by molar-refractivity contribution is 6.23. The molecule has 148 valence electrons. The summed E-state index contributed by atoms with van der Waals surface area (Å²) in [7, 11) is 0. The van der Waals surface area contributed by atoms with Crippen molar-refractivity contribution < 1.29 is 24.3 Å². The number of carbonyl (C=O) groups excluding carboxylic acids is 4. The van der Waals surface area contributed by atoms with E-state index in [9.17, 15) is 24.3 Å². The van der Waals surface area contributed by atoms with Gasteiger partial charge in [0.05, 0.1) is 17.2 Å². The third kappa shape index (κ3) is 3.44. The van der Waals surface area contributed by atoms with Crippen LogP contribution in [0, 0.1) is 0 Å². The van der Waals surface area contributed by atoms with Gasteiger partial charge in [0.15, 0.2) is 0 Å². The predicted octanol–water partition coefficient (Wildman–Crippen LogP) is -1.10. The molecule has 3 aliphatic rings. The van der Waals surface area contributed by atoms with E-state index in [0.717, 1.165) is 10.5 Å². The van der Waals surface area contributed by atoms with Crippen molar-refractivity contribution in [2.24, 2.45) is 0 Å². The van der Waals surface area contributed by atoms with Crippen LogP contribution >= 0.6 is 0 Å². The summed E-state index contributed by atoms with van der Waals surface area (Å²) in [5, 5.41) is 18.2. The molecule has 4 rings (SSSR count). The lowest BCUT2D eigenvalue weighted by Gasteiger charge is -2.27. The molecule has 1 unspecified atom stereocenters. The summed E-state index contributed by atoms with van der Waals surface area (Å²) < 4.78 is 0. The van der Waals surface area contributed by atoms with Crippen LogP contribution in [-0.2, 0) is 16.1 Å². The number of benzene rings is 1. The SMILES string of the molecule is O=C1CCC(N2C(=O)c3ccc(CNC[C@@H]4C[C@@H](O)CN4)cc3C2=O)C(=O)N1. The quantitative estimate of drug-likeness (QED) is 0.473. The predicted molar refractivity (Wildman–Crippen MR) is 97.2 cm³/mol. The van der Waals surface area contributed by atoms with Crippen LogP contribution in [0.4, 0.5) is 0 Å². The van der Waals surface area contributed by atoms with Gasteiger partial charge in [0.1, 0.15) is 6.04 Å². The van der Waals surface area contributed by atoms with Gasteiger partial charge in [-0.3, -0.25) is 29.4 Å². The lowest BCUT2D eigenvalue weighted by molar-refractivity contribution is -0.136. The fourth-order valence-corrected chi connectivity index (χ4v) is 3.97. The molecule has 9 nitrogen and oxygen atoms in total. The second-order valence-electron chi connectivity index (χ2n) is 7.45. The molecule has 4 amide bonds. The minimum Gasteiger partial charge on any atom is -0.392 e. The Bertz CT molecular complexity index is 855. The van der Waals surface area contributed by atoms with E-state index in [-0.39, 0.29) is 36.1 Å². The average molecular weight is 386 g/mol. The van der Waals surface area contributed by atoms with Crippen LogP contribution in [0.25, 0.3) is 0 Å². The molecule has 1 aromatic rings. The first kappa shape index (κ1) is 18.7. The summed E-state index contributed by atoms with van der Waals surface area (Å²) >= 11 is 0. The van der Waals surface area contributed by atoms with Gasteiger partial charge in [-0.15, -0.1) is 0 Å². The second kappa shape index (κ2) is 7.42. The lowest BCUT2D eigenvalue weighted by atomic mass is 10.0. The largest absolute Gasteiger partial charge is 0.392 e. The van der Waals surface area contributed by atoms with Crippen LogP contribution in [-0.4, -0.2) is 64.9 Å². The van der Waals surface area contributed by atoms with Gasteiger partial charge in [0.25, 0.3) is 11.8 Å². The van der Waals surface area contributed by atoms with Crippen LogP contribution in [0.2, 0.25) is 0 Å². The summed E-state index contributed by atoms with van der Waals surface area (Å²) in [5.74, 6) is -2.01. The van der Waals surface area contributed by atoms with Gasteiger partial charge < -0.3 is 15.7 Å². The Balaban J connectivity index is 1.43. The van der Waals surface area contributed by atoms with Crippen LogP contribution in [0.5, 0.6) is 0 Å². The highest BCUT2D eigenvalue weighted by Crippen LogP contribution is 2.28. The molecule has 2 fully saturated rings. The number of amides is 4. The zero-order valence-electron chi connectivity index (χ0n) is 15.2. The van der Waals surface area contributed by atoms with Gasteiger partial charge >= 0.3 is 0 Å². The minimum absolute atomic E-state index is 0.100. The average Bonchev–Trinajstić information content (AvgIpc) is 3.17. The molecule has 1 aromatic carbocycles. The number of hydrogen-bond acceptors (Lipinski definition) is 7. The monoisotopic (exact) mass is 386 g/mol. The van der Waals surface area contributed by atoms with Gasteiger partial charge in [-0.1, -0.05) is 6.07 Å². The van der Waals surface area contributed by atoms with E-state index < -0.39 is 29.7 Å². The standard InChI is InChI=1S/C19H22N4O5/c24-12-6-11(21-9-12)8-20-7-10-1-2-13-14(5-10)19(28)23(18(13)27)15-3-4-16(25)22-17(15)26/h1-2,5,11-12,15,20-21,24H,3-4,6-9H2,(H,22,25,26)/t11-,12+,15?/m0/s1. The Kier molecular flexibility index (Phi) is 4.96. The van der Waals surface area contributed by atoms with Crippen LogP contribution < -0.4 is 16.0 Å². The first-order valence-corrected chi connectivity index (χ1v) is 9.40. The number of fused-ring (bicyclic) bond motifs is 1. The number of aliphatic hydroxyl groups excluding tert-OH is 1. The van der Waals surface area contributed by atoms with Crippen molar-refractivity contribution in [1.82, 2.24) is 20.9 Å². The van der Waals surface area contributed by atoms with E-state index >= 15 is 0 Å². The summed E-state index contributed by atoms with van der Waals surface area (Å²) in [6.07, 6.45) is 0.632. The van der Waals surface area contributed by atoms with Crippen molar-refractivity contribution in [1.29, 1.82) is 0 Å². The highest BCUT2D eigenvalue weighted by Gasteiger charge is 2.44.